The number of hydrogen-bond acceptors (Lipinski definition) is 9. The minimum absolute atomic E-state index is 0.106. The van der Waals surface area contributed by atoms with E-state index in [2.05, 4.69) is 30.8 Å². The first-order valence-electron chi connectivity index (χ1n) is 16.5. The molecule has 1 aliphatic heterocycles. The molecule has 5 rings (SSSR count). The molecule has 3 aromatic rings. The average Bonchev–Trinajstić information content (AvgIpc) is 3.63. The molecular weight excluding hydrogens is 608 g/mol. The van der Waals surface area contributed by atoms with Gasteiger partial charge in [0.15, 0.2) is 12.5 Å². The highest BCUT2D eigenvalue weighted by Gasteiger charge is 2.31. The third-order valence-corrected chi connectivity index (χ3v) is 8.63. The van der Waals surface area contributed by atoms with Crippen LogP contribution in [0, 0.1) is 17.8 Å². The first-order valence-corrected chi connectivity index (χ1v) is 16.5. The molecule has 0 bridgehead atoms. The van der Waals surface area contributed by atoms with E-state index in [9.17, 15) is 14.4 Å². The number of hydrogen-bond donors (Lipinski definition) is 2. The van der Waals surface area contributed by atoms with Gasteiger partial charge in [-0.25, -0.2) is 14.8 Å². The van der Waals surface area contributed by atoms with Crippen molar-refractivity contribution < 1.29 is 23.9 Å². The van der Waals surface area contributed by atoms with Crippen molar-refractivity contribution in [1.82, 2.24) is 10.3 Å². The molecule has 252 valence electrons. The van der Waals surface area contributed by atoms with Gasteiger partial charge in [0.05, 0.1) is 7.11 Å². The Morgan fingerprint density at radius 3 is 2.19 bits per heavy atom. The summed E-state index contributed by atoms with van der Waals surface area (Å²) in [4.78, 5) is 48.0. The normalized spacial score (nSPS) is 18.0. The number of benzene rings is 2. The van der Waals surface area contributed by atoms with Gasteiger partial charge in [-0.05, 0) is 100 Å². The van der Waals surface area contributed by atoms with Crippen LogP contribution in [-0.4, -0.2) is 54.5 Å². The first kappa shape index (κ1) is 34.4. The number of rotatable bonds is 12. The van der Waals surface area contributed by atoms with Crippen molar-refractivity contribution in [1.29, 1.82) is 0 Å². The summed E-state index contributed by atoms with van der Waals surface area (Å²) in [6.45, 7) is 6.36. The van der Waals surface area contributed by atoms with Crippen molar-refractivity contribution in [3.63, 3.8) is 0 Å². The standard InChI is InChI=1S/C37H44N6O5/c1-37(2,3)48-36(46)39-21-25-7-11-27(12-8-25)32(44)20-30(35(45)42-31-16-13-28(14-17-31)34-40-23-41-43-34)19-24-5-9-26(10-6-24)29-15-18-33(47-4)38-22-29/h5-6,9-10,13-18,22,25,27,30H,7-8,11-12,19-21,23H2,1-4H3,(H,39,46)(H,42,45)/t25?,27?,30-/m1/s1. The number of Topliss-reactive ketones (excluding diaryl/α,β-unsaturated/α-hetero) is 1. The molecular formula is C37H44N6O5. The van der Waals surface area contributed by atoms with Gasteiger partial charge in [0.1, 0.15) is 11.4 Å². The van der Waals surface area contributed by atoms with Gasteiger partial charge < -0.3 is 20.1 Å². The predicted octanol–water partition coefficient (Wildman–Crippen LogP) is 7.01. The molecule has 0 saturated heterocycles. The summed E-state index contributed by atoms with van der Waals surface area (Å²) in [6, 6.07) is 19.1. The number of alkyl carbamates (subject to hydrolysis) is 1. The van der Waals surface area contributed by atoms with E-state index in [1.54, 1.807) is 13.3 Å². The van der Waals surface area contributed by atoms with Crippen LogP contribution in [0.25, 0.3) is 11.1 Å². The van der Waals surface area contributed by atoms with Crippen molar-refractivity contribution in [2.75, 3.05) is 25.6 Å². The third-order valence-electron chi connectivity index (χ3n) is 8.63. The lowest BCUT2D eigenvalue weighted by atomic mass is 9.77. The van der Waals surface area contributed by atoms with Gasteiger partial charge in [-0.15, -0.1) is 5.11 Å². The van der Waals surface area contributed by atoms with E-state index in [1.807, 2.05) is 81.4 Å². The Bertz CT molecular complexity index is 1620. The third kappa shape index (κ3) is 9.79. The zero-order valence-electron chi connectivity index (χ0n) is 28.1. The van der Waals surface area contributed by atoms with E-state index in [-0.39, 0.29) is 24.0 Å². The summed E-state index contributed by atoms with van der Waals surface area (Å²) in [5.74, 6) is 0.656. The molecule has 1 aromatic heterocycles. The predicted molar refractivity (Wildman–Crippen MR) is 184 cm³/mol. The summed E-state index contributed by atoms with van der Waals surface area (Å²) in [5, 5.41) is 13.8. The van der Waals surface area contributed by atoms with E-state index in [1.165, 1.54) is 0 Å². The molecule has 2 amide bonds. The van der Waals surface area contributed by atoms with E-state index in [4.69, 9.17) is 9.47 Å². The van der Waals surface area contributed by atoms with Gasteiger partial charge in [0.2, 0.25) is 11.8 Å². The van der Waals surface area contributed by atoms with Crippen LogP contribution in [0.15, 0.2) is 82.1 Å². The summed E-state index contributed by atoms with van der Waals surface area (Å²) < 4.78 is 10.5. The van der Waals surface area contributed by atoms with Crippen molar-refractivity contribution in [3.8, 4) is 17.0 Å². The first-order chi connectivity index (χ1) is 23.1. The Labute approximate surface area is 281 Å². The molecule has 2 aliphatic rings. The fourth-order valence-corrected chi connectivity index (χ4v) is 6.01. The maximum atomic E-state index is 13.7. The van der Waals surface area contributed by atoms with Crippen LogP contribution in [0.4, 0.5) is 10.5 Å². The lowest BCUT2D eigenvalue weighted by Crippen LogP contribution is -2.37. The molecule has 1 atom stereocenters. The van der Waals surface area contributed by atoms with Gasteiger partial charge in [0.25, 0.3) is 0 Å². The smallest absolute Gasteiger partial charge is 0.407 e. The Kier molecular flexibility index (Phi) is 11.3. The number of ether oxygens (including phenoxy) is 2. The molecule has 1 fully saturated rings. The van der Waals surface area contributed by atoms with E-state index < -0.39 is 17.6 Å². The molecule has 1 saturated carbocycles. The monoisotopic (exact) mass is 652 g/mol. The number of ketones is 1. The van der Waals surface area contributed by atoms with Crippen LogP contribution in [0.2, 0.25) is 0 Å². The number of carbonyl (C=O) groups is 3. The molecule has 2 heterocycles. The quantitative estimate of drug-likeness (QED) is 0.215. The molecule has 2 aromatic carbocycles. The number of amides is 2. The minimum Gasteiger partial charge on any atom is -0.481 e. The molecule has 2 N–H and O–H groups in total. The lowest BCUT2D eigenvalue weighted by molar-refractivity contribution is -0.129. The van der Waals surface area contributed by atoms with Crippen LogP contribution in [0.5, 0.6) is 5.88 Å². The Morgan fingerprint density at radius 2 is 1.58 bits per heavy atom. The largest absolute Gasteiger partial charge is 0.481 e. The fraction of sp³-hybridized carbons (Fsp3) is 0.432. The minimum atomic E-state index is -0.551. The number of aromatic nitrogens is 1. The number of amidine groups is 1. The highest BCUT2D eigenvalue weighted by atomic mass is 16.6. The topological polar surface area (TPSA) is 144 Å². The molecule has 1 aliphatic carbocycles. The number of anilines is 1. The summed E-state index contributed by atoms with van der Waals surface area (Å²) in [5.41, 5.74) is 3.83. The van der Waals surface area contributed by atoms with Gasteiger partial charge in [0, 0.05) is 53.9 Å². The highest BCUT2D eigenvalue weighted by Crippen LogP contribution is 2.32. The van der Waals surface area contributed by atoms with E-state index in [0.29, 0.717) is 43.0 Å². The Hall–Kier alpha value is -4.93. The number of methoxy groups -OCH3 is 1. The number of aliphatic imine (C=N–C) groups is 1. The van der Waals surface area contributed by atoms with Crippen LogP contribution < -0.4 is 15.4 Å². The number of nitrogens with zero attached hydrogens (tertiary/aromatic N) is 4. The summed E-state index contributed by atoms with van der Waals surface area (Å²) >= 11 is 0. The van der Waals surface area contributed by atoms with Crippen molar-refractivity contribution in [3.05, 3.63) is 78.0 Å². The lowest BCUT2D eigenvalue weighted by Gasteiger charge is -2.29. The SMILES string of the molecule is COc1ccc(-c2ccc(C[C@H](CC(=O)C3CCC(CNC(=O)OC(C)(C)C)CC3)C(=O)Nc3ccc(C4=NCN=N4)cc3)cc2)cn1. The fourth-order valence-electron chi connectivity index (χ4n) is 6.01. The van der Waals surface area contributed by atoms with Crippen LogP contribution >= 0.6 is 0 Å². The molecule has 48 heavy (non-hydrogen) atoms. The molecule has 11 heteroatoms. The van der Waals surface area contributed by atoms with Crippen LogP contribution in [0.3, 0.4) is 0 Å². The second kappa shape index (κ2) is 15.8. The average molecular weight is 653 g/mol. The van der Waals surface area contributed by atoms with E-state index in [0.717, 1.165) is 47.9 Å². The van der Waals surface area contributed by atoms with Crippen molar-refractivity contribution >= 4 is 29.3 Å². The molecule has 11 nitrogen and oxygen atoms in total. The zero-order chi connectivity index (χ0) is 34.1. The molecule has 0 radical (unpaired) electrons. The van der Waals surface area contributed by atoms with Crippen molar-refractivity contribution in [2.45, 2.75) is 64.9 Å². The van der Waals surface area contributed by atoms with Crippen LogP contribution in [-0.2, 0) is 20.7 Å². The summed E-state index contributed by atoms with van der Waals surface area (Å²) in [7, 11) is 1.58. The van der Waals surface area contributed by atoms with E-state index >= 15 is 0 Å². The second-order valence-corrected chi connectivity index (χ2v) is 13.4. The number of nitrogens with one attached hydrogen (secondary N) is 2. The Balaban J connectivity index is 1.22. The summed E-state index contributed by atoms with van der Waals surface area (Å²) in [6.07, 6.45) is 5.06. The van der Waals surface area contributed by atoms with Crippen LogP contribution in [0.1, 0.15) is 64.0 Å². The number of carbonyl (C=O) groups excluding carboxylic acids is 3. The maximum Gasteiger partial charge on any atom is 0.407 e. The second-order valence-electron chi connectivity index (χ2n) is 13.4. The van der Waals surface area contributed by atoms with Gasteiger partial charge >= 0.3 is 6.09 Å². The zero-order valence-corrected chi connectivity index (χ0v) is 28.1. The number of azo groups is 1. The van der Waals surface area contributed by atoms with Crippen molar-refractivity contribution in [2.24, 2.45) is 33.0 Å². The maximum absolute atomic E-state index is 13.7. The number of pyridine rings is 1. The highest BCUT2D eigenvalue weighted by molar-refractivity contribution is 6.01. The Morgan fingerprint density at radius 1 is 0.896 bits per heavy atom. The van der Waals surface area contributed by atoms with Gasteiger partial charge in [-0.2, -0.15) is 5.11 Å². The molecule has 0 spiro atoms. The van der Waals surface area contributed by atoms with Gasteiger partial charge in [-0.1, -0.05) is 24.3 Å². The van der Waals surface area contributed by atoms with Gasteiger partial charge in [-0.3, -0.25) is 9.59 Å². The molecule has 0 unspecified atom stereocenters.